The molecule has 0 spiro atoms. The molecule has 4 heteroatoms. The van der Waals surface area contributed by atoms with E-state index in [2.05, 4.69) is 154 Å². The molecule has 0 aliphatic rings. The first-order valence-electron chi connectivity index (χ1n) is 15.7. The lowest BCUT2D eigenvalue weighted by molar-refractivity contribution is 1.18. The average Bonchev–Trinajstić information content (AvgIpc) is 3.79. The summed E-state index contributed by atoms with van der Waals surface area (Å²) in [4.78, 5) is 3.71. The highest BCUT2D eigenvalue weighted by atomic mass is 32.1. The number of thiophene rings is 1. The van der Waals surface area contributed by atoms with Crippen molar-refractivity contribution in [1.29, 1.82) is 0 Å². The van der Waals surface area contributed by atoms with E-state index in [-0.39, 0.29) is 0 Å². The second-order valence-corrected chi connectivity index (χ2v) is 13.1. The second kappa shape index (κ2) is 9.92. The molecule has 3 heterocycles. The lowest BCUT2D eigenvalue weighted by Gasteiger charge is -2.13. The molecule has 0 bridgehead atoms. The second-order valence-electron chi connectivity index (χ2n) is 12.1. The fraction of sp³-hybridized carbons (Fsp3) is 0. The van der Waals surface area contributed by atoms with Gasteiger partial charge in [0.15, 0.2) is 5.69 Å². The monoisotopic (exact) mass is 615 g/mol. The van der Waals surface area contributed by atoms with Crippen LogP contribution in [0.3, 0.4) is 0 Å². The van der Waals surface area contributed by atoms with E-state index in [9.17, 15) is 0 Å². The molecule has 10 aromatic rings. The van der Waals surface area contributed by atoms with Crippen LogP contribution in [-0.4, -0.2) is 9.13 Å². The highest BCUT2D eigenvalue weighted by molar-refractivity contribution is 7.26. The lowest BCUT2D eigenvalue weighted by atomic mass is 10.0. The SMILES string of the molecule is [C-]#[N+]c1ccc2sc3c(ccc4c5ccccc5n(-c5cccc(-c6cccc(-n7c8ccccc8c8ccccc87)c6)c5)c43)c2c1. The van der Waals surface area contributed by atoms with E-state index in [1.165, 1.54) is 69.5 Å². The van der Waals surface area contributed by atoms with Gasteiger partial charge in [0.1, 0.15) is 0 Å². The van der Waals surface area contributed by atoms with Crippen molar-refractivity contribution >= 4 is 80.8 Å². The summed E-state index contributed by atoms with van der Waals surface area (Å²) in [6, 6.07) is 54.4. The van der Waals surface area contributed by atoms with E-state index >= 15 is 0 Å². The third kappa shape index (κ3) is 3.78. The summed E-state index contributed by atoms with van der Waals surface area (Å²) in [5, 5.41) is 7.35. The molecule has 218 valence electrons. The Morgan fingerprint density at radius 3 is 1.64 bits per heavy atom. The zero-order valence-corrected chi connectivity index (χ0v) is 26.0. The zero-order valence-electron chi connectivity index (χ0n) is 25.2. The van der Waals surface area contributed by atoms with Crippen LogP contribution >= 0.6 is 11.3 Å². The smallest absolute Gasteiger partial charge is 0.187 e. The van der Waals surface area contributed by atoms with Crippen LogP contribution in [0.4, 0.5) is 5.69 Å². The molecule has 0 atom stereocenters. The molecule has 0 N–H and O–H groups in total. The minimum atomic E-state index is 0.675. The summed E-state index contributed by atoms with van der Waals surface area (Å²) in [5.74, 6) is 0. The number of aromatic nitrogens is 2. The molecule has 3 aromatic heterocycles. The van der Waals surface area contributed by atoms with E-state index in [1.807, 2.05) is 23.5 Å². The normalized spacial score (nSPS) is 11.8. The first kappa shape index (κ1) is 26.1. The molecule has 0 saturated carbocycles. The minimum Gasteiger partial charge on any atom is -0.309 e. The summed E-state index contributed by atoms with van der Waals surface area (Å²) in [6.07, 6.45) is 0. The molecule has 0 fully saturated rings. The molecule has 0 saturated heterocycles. The molecule has 0 aliphatic heterocycles. The standard InChI is InChI=1S/C43H25N3S/c1-44-29-20-23-41-37(26-29)36-22-21-35-34-16-4-7-19-40(34)46(42(35)43(36)47-41)31-13-9-11-28(25-31)27-10-8-12-30(24-27)45-38-17-5-2-14-32(38)33-15-3-6-18-39(33)45/h2-26H. The number of benzene rings is 7. The van der Waals surface area contributed by atoms with Gasteiger partial charge in [0, 0.05) is 43.0 Å². The molecule has 0 amide bonds. The lowest BCUT2D eigenvalue weighted by Crippen LogP contribution is -1.96. The van der Waals surface area contributed by atoms with Gasteiger partial charge in [-0.25, -0.2) is 4.85 Å². The molecule has 10 rings (SSSR count). The van der Waals surface area contributed by atoms with Crippen molar-refractivity contribution < 1.29 is 0 Å². The Balaban J connectivity index is 1.20. The molecule has 7 aromatic carbocycles. The highest BCUT2D eigenvalue weighted by Gasteiger charge is 2.18. The number of nitrogens with zero attached hydrogens (tertiary/aromatic N) is 3. The van der Waals surface area contributed by atoms with Gasteiger partial charge in [0.2, 0.25) is 0 Å². The van der Waals surface area contributed by atoms with Crippen molar-refractivity contribution in [3.05, 3.63) is 163 Å². The van der Waals surface area contributed by atoms with Crippen LogP contribution in [-0.2, 0) is 0 Å². The largest absolute Gasteiger partial charge is 0.309 e. The molecular formula is C43H25N3S. The molecule has 3 nitrogen and oxygen atoms in total. The Bertz CT molecular complexity index is 2880. The summed E-state index contributed by atoms with van der Waals surface area (Å²) in [5.41, 5.74) is 10.1. The highest BCUT2D eigenvalue weighted by Crippen LogP contribution is 2.44. The van der Waals surface area contributed by atoms with Gasteiger partial charge in [-0.2, -0.15) is 0 Å². The number of hydrogen-bond donors (Lipinski definition) is 0. The van der Waals surface area contributed by atoms with Crippen molar-refractivity contribution in [2.24, 2.45) is 0 Å². The number of fused-ring (bicyclic) bond motifs is 10. The molecule has 0 unspecified atom stereocenters. The quantitative estimate of drug-likeness (QED) is 0.176. The summed E-state index contributed by atoms with van der Waals surface area (Å²) in [7, 11) is 0. The van der Waals surface area contributed by atoms with E-state index in [0.717, 1.165) is 16.8 Å². The molecule has 0 aliphatic carbocycles. The van der Waals surface area contributed by atoms with Crippen LogP contribution in [0.1, 0.15) is 0 Å². The maximum Gasteiger partial charge on any atom is 0.187 e. The van der Waals surface area contributed by atoms with Crippen molar-refractivity contribution in [2.45, 2.75) is 0 Å². The van der Waals surface area contributed by atoms with Crippen LogP contribution in [0.2, 0.25) is 0 Å². The molecule has 47 heavy (non-hydrogen) atoms. The van der Waals surface area contributed by atoms with Crippen molar-refractivity contribution in [1.82, 2.24) is 9.13 Å². The summed E-state index contributed by atoms with van der Waals surface area (Å²) in [6.45, 7) is 7.57. The van der Waals surface area contributed by atoms with Crippen molar-refractivity contribution in [2.75, 3.05) is 0 Å². The van der Waals surface area contributed by atoms with Crippen molar-refractivity contribution in [3.63, 3.8) is 0 Å². The maximum atomic E-state index is 7.57. The zero-order chi connectivity index (χ0) is 31.1. The Labute approximate surface area is 274 Å². The maximum absolute atomic E-state index is 7.57. The number of hydrogen-bond acceptors (Lipinski definition) is 1. The van der Waals surface area contributed by atoms with Crippen molar-refractivity contribution in [3.8, 4) is 22.5 Å². The van der Waals surface area contributed by atoms with Gasteiger partial charge in [-0.1, -0.05) is 103 Å². The first-order chi connectivity index (χ1) is 23.3. The Kier molecular flexibility index (Phi) is 5.51. The van der Waals surface area contributed by atoms with Gasteiger partial charge in [-0.3, -0.25) is 0 Å². The molecular weight excluding hydrogens is 591 g/mol. The summed E-state index contributed by atoms with van der Waals surface area (Å²) < 4.78 is 7.25. The number of rotatable bonds is 3. The van der Waals surface area contributed by atoms with Gasteiger partial charge < -0.3 is 9.13 Å². The minimum absolute atomic E-state index is 0.675. The summed E-state index contributed by atoms with van der Waals surface area (Å²) >= 11 is 1.81. The van der Waals surface area contributed by atoms with Gasteiger partial charge in [0.25, 0.3) is 0 Å². The van der Waals surface area contributed by atoms with Gasteiger partial charge in [0.05, 0.1) is 33.3 Å². The van der Waals surface area contributed by atoms with E-state index in [1.54, 1.807) is 0 Å². The van der Waals surface area contributed by atoms with Crippen LogP contribution in [0, 0.1) is 6.57 Å². The van der Waals surface area contributed by atoms with Gasteiger partial charge in [-0.05, 0) is 65.0 Å². The number of para-hydroxylation sites is 3. The van der Waals surface area contributed by atoms with Crippen LogP contribution in [0.5, 0.6) is 0 Å². The van der Waals surface area contributed by atoms with E-state index < -0.39 is 0 Å². The molecule has 0 radical (unpaired) electrons. The van der Waals surface area contributed by atoms with E-state index in [4.69, 9.17) is 6.57 Å². The predicted molar refractivity (Wildman–Crippen MR) is 200 cm³/mol. The Morgan fingerprint density at radius 1 is 0.447 bits per heavy atom. The van der Waals surface area contributed by atoms with Crippen LogP contribution in [0.25, 0.3) is 91.1 Å². The average molecular weight is 616 g/mol. The van der Waals surface area contributed by atoms with Crippen LogP contribution in [0.15, 0.2) is 152 Å². The van der Waals surface area contributed by atoms with E-state index in [0.29, 0.717) is 5.69 Å². The first-order valence-corrected chi connectivity index (χ1v) is 16.5. The third-order valence-electron chi connectivity index (χ3n) is 9.51. The fourth-order valence-corrected chi connectivity index (χ4v) is 8.68. The van der Waals surface area contributed by atoms with Gasteiger partial charge >= 0.3 is 0 Å². The predicted octanol–water partition coefficient (Wildman–Crippen LogP) is 12.5. The fourth-order valence-electron chi connectivity index (χ4n) is 7.46. The van der Waals surface area contributed by atoms with Crippen LogP contribution < -0.4 is 0 Å². The third-order valence-corrected chi connectivity index (χ3v) is 10.7. The topological polar surface area (TPSA) is 14.2 Å². The Hall–Kier alpha value is -6.15. The van der Waals surface area contributed by atoms with Gasteiger partial charge in [-0.15, -0.1) is 11.3 Å². The Morgan fingerprint density at radius 2 is 1.00 bits per heavy atom.